The molecule has 1 unspecified atom stereocenters. The summed E-state index contributed by atoms with van der Waals surface area (Å²) in [6, 6.07) is 23.8. The highest BCUT2D eigenvalue weighted by Gasteiger charge is 2.46. The van der Waals surface area contributed by atoms with E-state index >= 15 is 0 Å². The summed E-state index contributed by atoms with van der Waals surface area (Å²) in [5.74, 6) is -2.64. The number of nitrogens with zero attached hydrogens (tertiary/aromatic N) is 2. The number of rotatable bonds is 16. The lowest BCUT2D eigenvalue weighted by Gasteiger charge is -2.27. The number of Topliss-reactive ketones (excluding diaryl/α,β-unsaturated/α-hetero) is 1. The second kappa shape index (κ2) is 18.0. The van der Waals surface area contributed by atoms with Gasteiger partial charge >= 0.3 is 0 Å². The van der Waals surface area contributed by atoms with Gasteiger partial charge in [0, 0.05) is 60.9 Å². The third-order valence-corrected chi connectivity index (χ3v) is 10.4. The highest BCUT2D eigenvalue weighted by Crippen LogP contribution is 2.39. The van der Waals surface area contributed by atoms with Gasteiger partial charge in [-0.2, -0.15) is 0 Å². The third kappa shape index (κ3) is 8.55. The number of amides is 6. The van der Waals surface area contributed by atoms with Crippen LogP contribution in [-0.2, 0) is 14.4 Å². The van der Waals surface area contributed by atoms with E-state index in [0.717, 1.165) is 21.7 Å². The van der Waals surface area contributed by atoms with Crippen LogP contribution in [0, 0.1) is 0 Å². The van der Waals surface area contributed by atoms with E-state index in [0.29, 0.717) is 59.3 Å². The van der Waals surface area contributed by atoms with Gasteiger partial charge in [0.25, 0.3) is 23.6 Å². The van der Waals surface area contributed by atoms with Gasteiger partial charge in [-0.05, 0) is 67.3 Å². The number of unbranched alkanes of at least 4 members (excludes halogenated alkanes) is 2. The van der Waals surface area contributed by atoms with Crippen molar-refractivity contribution >= 4 is 63.5 Å². The third-order valence-electron chi connectivity index (χ3n) is 10.4. The van der Waals surface area contributed by atoms with E-state index in [1.807, 2.05) is 54.6 Å². The van der Waals surface area contributed by atoms with Crippen LogP contribution in [0.1, 0.15) is 80.0 Å². The molecular weight excluding hydrogens is 769 g/mol. The van der Waals surface area contributed by atoms with Crippen molar-refractivity contribution in [3.8, 4) is 22.6 Å². The van der Waals surface area contributed by atoms with Crippen molar-refractivity contribution in [3.63, 3.8) is 0 Å². The van der Waals surface area contributed by atoms with Crippen LogP contribution in [-0.4, -0.2) is 84.5 Å². The summed E-state index contributed by atoms with van der Waals surface area (Å²) in [6.45, 7) is 0.0887. The summed E-state index contributed by atoms with van der Waals surface area (Å²) >= 11 is 0. The Morgan fingerprint density at radius 2 is 1.63 bits per heavy atom. The molecule has 0 bridgehead atoms. The molecule has 5 aromatic rings. The Morgan fingerprint density at radius 1 is 0.850 bits per heavy atom. The van der Waals surface area contributed by atoms with Gasteiger partial charge in [-0.1, -0.05) is 42.8 Å². The van der Waals surface area contributed by atoms with E-state index in [4.69, 9.17) is 9.47 Å². The highest BCUT2D eigenvalue weighted by molar-refractivity contribution is 6.24. The van der Waals surface area contributed by atoms with Crippen LogP contribution in [0.2, 0.25) is 0 Å². The molecule has 1 atom stereocenters. The van der Waals surface area contributed by atoms with Crippen LogP contribution in [0.3, 0.4) is 0 Å². The molecule has 0 aliphatic carbocycles. The number of carbonyl (C=O) groups excluding carboxylic acids is 7. The fourth-order valence-electron chi connectivity index (χ4n) is 7.29. The molecular formula is C45H42N6O9. The van der Waals surface area contributed by atoms with Crippen LogP contribution < -0.4 is 30.7 Å². The number of imide groups is 2. The number of anilines is 2. The fourth-order valence-corrected chi connectivity index (χ4v) is 7.29. The Balaban J connectivity index is 0.905. The molecule has 2 aliphatic heterocycles. The Morgan fingerprint density at radius 3 is 2.37 bits per heavy atom. The zero-order chi connectivity index (χ0) is 42.3. The number of aromatic nitrogens is 1. The first-order valence-corrected chi connectivity index (χ1v) is 19.5. The van der Waals surface area contributed by atoms with Crippen LogP contribution >= 0.6 is 0 Å². The van der Waals surface area contributed by atoms with E-state index < -0.39 is 29.7 Å². The number of nitrogens with one attached hydrogen (secondary N) is 4. The molecule has 0 spiro atoms. The first kappa shape index (κ1) is 40.8. The Labute approximate surface area is 344 Å². The molecule has 1 aromatic heterocycles. The van der Waals surface area contributed by atoms with Crippen LogP contribution in [0.5, 0.6) is 11.5 Å². The van der Waals surface area contributed by atoms with Crippen LogP contribution in [0.4, 0.5) is 11.4 Å². The van der Waals surface area contributed by atoms with Crippen LogP contribution in [0.25, 0.3) is 22.0 Å². The summed E-state index contributed by atoms with van der Waals surface area (Å²) in [7, 11) is 3.14. The summed E-state index contributed by atoms with van der Waals surface area (Å²) in [4.78, 5) is 94.3. The summed E-state index contributed by atoms with van der Waals surface area (Å²) in [5, 5.41) is 11.9. The average Bonchev–Trinajstić information content (AvgIpc) is 3.52. The summed E-state index contributed by atoms with van der Waals surface area (Å²) in [6.07, 6.45) is 3.63. The lowest BCUT2D eigenvalue weighted by atomic mass is 9.98. The maximum Gasteiger partial charge on any atom is 0.266 e. The fraction of sp³-hybridized carbons (Fsp3) is 0.244. The molecule has 0 saturated carbocycles. The summed E-state index contributed by atoms with van der Waals surface area (Å²) < 4.78 is 11.4. The Kier molecular flexibility index (Phi) is 12.2. The normalized spacial score (nSPS) is 14.7. The SMILES string of the molecule is CNC(=O)c1cnc2cc(OC)c(-c3ccc(C(=O)NCCCCCC(=O)COc4cccc5c4C(=O)N(C4CCC(=O)NC4=O)C5=O)cc3)cc2c1Nc1ccccc1. The molecule has 3 heterocycles. The van der Waals surface area contributed by atoms with E-state index in [-0.39, 0.29) is 60.3 Å². The van der Waals surface area contributed by atoms with Crippen LogP contribution in [0.15, 0.2) is 91.1 Å². The first-order valence-electron chi connectivity index (χ1n) is 19.5. The lowest BCUT2D eigenvalue weighted by Crippen LogP contribution is -2.54. The van der Waals surface area contributed by atoms with Crippen molar-refractivity contribution in [2.24, 2.45) is 0 Å². The second-order valence-corrected chi connectivity index (χ2v) is 14.3. The largest absolute Gasteiger partial charge is 0.496 e. The van der Waals surface area contributed by atoms with Gasteiger partial charge in [0.2, 0.25) is 11.8 Å². The molecule has 2 aliphatic rings. The molecule has 15 heteroatoms. The number of benzene rings is 4. The minimum atomic E-state index is -1.11. The second-order valence-electron chi connectivity index (χ2n) is 14.3. The van der Waals surface area contributed by atoms with Gasteiger partial charge < -0.3 is 25.4 Å². The minimum Gasteiger partial charge on any atom is -0.496 e. The smallest absolute Gasteiger partial charge is 0.266 e. The number of hydrogen-bond acceptors (Lipinski definition) is 11. The maximum absolute atomic E-state index is 13.3. The quantitative estimate of drug-likeness (QED) is 0.0739. The molecule has 0 radical (unpaired) electrons. The van der Waals surface area contributed by atoms with Gasteiger partial charge in [-0.3, -0.25) is 48.8 Å². The topological polar surface area (TPSA) is 202 Å². The van der Waals surface area contributed by atoms with Crippen molar-refractivity contribution in [1.29, 1.82) is 0 Å². The number of methoxy groups -OCH3 is 1. The molecule has 1 fully saturated rings. The van der Waals surface area contributed by atoms with E-state index in [2.05, 4.69) is 26.3 Å². The Hall–Kier alpha value is -7.42. The lowest BCUT2D eigenvalue weighted by molar-refractivity contribution is -0.136. The Bertz CT molecular complexity index is 2520. The number of ketones is 1. The first-order chi connectivity index (χ1) is 29.1. The number of para-hydroxylation sites is 1. The van der Waals surface area contributed by atoms with Gasteiger partial charge in [0.05, 0.1) is 35.0 Å². The van der Waals surface area contributed by atoms with E-state index in [1.165, 1.54) is 24.4 Å². The number of carbonyl (C=O) groups is 7. The van der Waals surface area contributed by atoms with E-state index in [9.17, 15) is 33.6 Å². The van der Waals surface area contributed by atoms with Crippen molar-refractivity contribution in [1.82, 2.24) is 25.8 Å². The molecule has 1 saturated heterocycles. The van der Waals surface area contributed by atoms with Gasteiger partial charge in [0.15, 0.2) is 5.78 Å². The molecule has 306 valence electrons. The minimum absolute atomic E-state index is 0.00503. The number of ether oxygens (including phenoxy) is 2. The standard InChI is InChI=1S/C45H42N6O9/c1-46-42(55)33-24-48-34-23-37(59-2)31(22-32(34)40(33)49-28-10-5-3-6-11-28)26-15-17-27(18-16-26)41(54)47-21-8-4-7-12-29(52)25-60-36-14-9-13-30-39(36)45(58)51(44(30)57)35-19-20-38(53)50-43(35)56/h3,5-6,9-11,13-18,22-24,35H,4,7-8,12,19-21,25H2,1-2H3,(H,46,55)(H,47,54)(H,48,49)(H,50,53,56). The predicted molar refractivity (Wildman–Crippen MR) is 221 cm³/mol. The average molecular weight is 811 g/mol. The molecule has 4 N–H and O–H groups in total. The predicted octanol–water partition coefficient (Wildman–Crippen LogP) is 5.35. The monoisotopic (exact) mass is 810 g/mol. The molecule has 15 nitrogen and oxygen atoms in total. The molecule has 4 aromatic carbocycles. The number of fused-ring (bicyclic) bond motifs is 2. The van der Waals surface area contributed by atoms with Gasteiger partial charge in [0.1, 0.15) is 24.1 Å². The number of piperidine rings is 1. The zero-order valence-electron chi connectivity index (χ0n) is 33.0. The van der Waals surface area contributed by atoms with Crippen molar-refractivity contribution in [2.75, 3.05) is 32.6 Å². The van der Waals surface area contributed by atoms with Crippen molar-refractivity contribution in [2.45, 2.75) is 44.6 Å². The van der Waals surface area contributed by atoms with Crippen molar-refractivity contribution < 1.29 is 43.0 Å². The summed E-state index contributed by atoms with van der Waals surface area (Å²) in [5.41, 5.74) is 4.46. The molecule has 6 amide bonds. The van der Waals surface area contributed by atoms with Crippen molar-refractivity contribution in [3.05, 3.63) is 113 Å². The molecule has 60 heavy (non-hydrogen) atoms. The van der Waals surface area contributed by atoms with Gasteiger partial charge in [-0.15, -0.1) is 0 Å². The molecule has 7 rings (SSSR count). The van der Waals surface area contributed by atoms with E-state index in [1.54, 1.807) is 26.3 Å². The maximum atomic E-state index is 13.3. The van der Waals surface area contributed by atoms with Gasteiger partial charge in [-0.25, -0.2) is 0 Å². The number of hydrogen-bond donors (Lipinski definition) is 4. The highest BCUT2D eigenvalue weighted by atomic mass is 16.5. The number of pyridine rings is 1. The zero-order valence-corrected chi connectivity index (χ0v) is 33.0.